The molecule has 6 nitrogen and oxygen atoms in total. The molecular weight excluding hydrogens is 162 g/mol. The summed E-state index contributed by atoms with van der Waals surface area (Å²) in [6, 6.07) is 0. The summed E-state index contributed by atoms with van der Waals surface area (Å²) in [5.74, 6) is 0. The largest absolute Gasteiger partial charge is 0.317 e. The number of aromatic nitrogens is 2. The summed E-state index contributed by atoms with van der Waals surface area (Å²) >= 11 is 0. The van der Waals surface area contributed by atoms with Crippen molar-refractivity contribution in [1.29, 1.82) is 0 Å². The smallest absolute Gasteiger partial charge is 0.296 e. The Morgan fingerprint density at radius 1 is 1.83 bits per heavy atom. The van der Waals surface area contributed by atoms with Crippen molar-refractivity contribution < 1.29 is 9.72 Å². The number of aryl methyl sites for hydroxylation is 1. The van der Waals surface area contributed by atoms with Crippen LogP contribution in [-0.2, 0) is 6.54 Å². The Balaban J connectivity index is 3.22. The third kappa shape index (κ3) is 1.18. The highest BCUT2D eigenvalue weighted by Gasteiger charge is 2.18. The number of hydrogen-bond donors (Lipinski definition) is 0. The summed E-state index contributed by atoms with van der Waals surface area (Å²) in [5.41, 5.74) is -0.227. The van der Waals surface area contributed by atoms with Crippen molar-refractivity contribution in [2.45, 2.75) is 13.5 Å². The zero-order valence-electron chi connectivity index (χ0n) is 6.43. The maximum Gasteiger partial charge on any atom is 0.317 e. The van der Waals surface area contributed by atoms with Gasteiger partial charge in [-0.15, -0.1) is 0 Å². The molecule has 6 heteroatoms. The fraction of sp³-hybridized carbons (Fsp3) is 0.333. The maximum absolute atomic E-state index is 10.4. The summed E-state index contributed by atoms with van der Waals surface area (Å²) in [4.78, 5) is 20.1. The Morgan fingerprint density at radius 3 is 2.92 bits per heavy atom. The van der Waals surface area contributed by atoms with Crippen LogP contribution in [0.3, 0.4) is 0 Å². The van der Waals surface area contributed by atoms with E-state index in [9.17, 15) is 14.9 Å². The van der Waals surface area contributed by atoms with Gasteiger partial charge in [0.25, 0.3) is 0 Å². The topological polar surface area (TPSA) is 78.0 Å². The molecule has 0 amide bonds. The first-order chi connectivity index (χ1) is 5.70. The van der Waals surface area contributed by atoms with Gasteiger partial charge in [0.05, 0.1) is 4.92 Å². The Hall–Kier alpha value is -1.72. The zero-order valence-corrected chi connectivity index (χ0v) is 6.43. The minimum absolute atomic E-state index is 0.0162. The molecule has 0 radical (unpaired) electrons. The lowest BCUT2D eigenvalue weighted by Gasteiger charge is -1.94. The first kappa shape index (κ1) is 8.38. The van der Waals surface area contributed by atoms with Crippen LogP contribution >= 0.6 is 0 Å². The molecule has 0 spiro atoms. The van der Waals surface area contributed by atoms with Crippen molar-refractivity contribution in [3.8, 4) is 0 Å². The van der Waals surface area contributed by atoms with E-state index in [-0.39, 0.29) is 11.4 Å². The number of rotatable bonds is 3. The van der Waals surface area contributed by atoms with Gasteiger partial charge in [0.15, 0.2) is 12.0 Å². The van der Waals surface area contributed by atoms with Crippen LogP contribution in [0.5, 0.6) is 0 Å². The summed E-state index contributed by atoms with van der Waals surface area (Å²) in [6.45, 7) is 2.20. The summed E-state index contributed by atoms with van der Waals surface area (Å²) in [5, 5.41) is 14.0. The molecule has 1 rings (SSSR count). The average Bonchev–Trinajstić information content (AvgIpc) is 2.46. The molecule has 0 atom stereocenters. The van der Waals surface area contributed by atoms with Crippen molar-refractivity contribution in [3.63, 3.8) is 0 Å². The van der Waals surface area contributed by atoms with Gasteiger partial charge in [0, 0.05) is 6.54 Å². The van der Waals surface area contributed by atoms with E-state index >= 15 is 0 Å². The van der Waals surface area contributed by atoms with E-state index < -0.39 is 4.92 Å². The van der Waals surface area contributed by atoms with Crippen LogP contribution in [0.1, 0.15) is 17.4 Å². The van der Waals surface area contributed by atoms with Gasteiger partial charge in [-0.3, -0.25) is 19.6 Å². The summed E-state index contributed by atoms with van der Waals surface area (Å²) in [6.07, 6.45) is 1.52. The molecule has 0 saturated heterocycles. The van der Waals surface area contributed by atoms with E-state index in [1.807, 2.05) is 0 Å². The van der Waals surface area contributed by atoms with Gasteiger partial charge in [-0.25, -0.2) is 0 Å². The van der Waals surface area contributed by atoms with Crippen molar-refractivity contribution in [3.05, 3.63) is 22.0 Å². The molecule has 0 aliphatic rings. The predicted molar refractivity (Wildman–Crippen MR) is 39.9 cm³/mol. The minimum atomic E-state index is -0.622. The van der Waals surface area contributed by atoms with Crippen molar-refractivity contribution in [2.75, 3.05) is 0 Å². The van der Waals surface area contributed by atoms with Gasteiger partial charge in [0.2, 0.25) is 0 Å². The van der Waals surface area contributed by atoms with E-state index in [4.69, 9.17) is 0 Å². The van der Waals surface area contributed by atoms with Crippen molar-refractivity contribution in [1.82, 2.24) is 9.78 Å². The minimum Gasteiger partial charge on any atom is -0.296 e. The van der Waals surface area contributed by atoms with E-state index in [1.54, 1.807) is 6.92 Å². The third-order valence-electron chi connectivity index (χ3n) is 1.47. The Morgan fingerprint density at radius 2 is 2.50 bits per heavy atom. The number of carbonyl (C=O) groups is 1. The molecule has 0 unspecified atom stereocenters. The molecule has 0 saturated carbocycles. The van der Waals surface area contributed by atoms with E-state index in [0.29, 0.717) is 12.8 Å². The fourth-order valence-corrected chi connectivity index (χ4v) is 0.899. The van der Waals surface area contributed by atoms with Gasteiger partial charge in [0.1, 0.15) is 6.20 Å². The van der Waals surface area contributed by atoms with Crippen LogP contribution in [-0.4, -0.2) is 21.0 Å². The highest BCUT2D eigenvalue weighted by Crippen LogP contribution is 2.14. The SMILES string of the molecule is CCn1ncc([N+](=O)[O-])c1C=O. The molecule has 1 aromatic heterocycles. The molecule has 64 valence electrons. The van der Waals surface area contributed by atoms with Crippen LogP contribution in [0, 0.1) is 10.1 Å². The van der Waals surface area contributed by atoms with Crippen molar-refractivity contribution >= 4 is 12.0 Å². The summed E-state index contributed by atoms with van der Waals surface area (Å²) in [7, 11) is 0. The lowest BCUT2D eigenvalue weighted by atomic mass is 10.4. The standard InChI is InChI=1S/C6H7N3O3/c1-2-8-6(4-10)5(3-7-8)9(11)12/h3-4H,2H2,1H3. The Labute approximate surface area is 67.9 Å². The molecule has 0 aromatic carbocycles. The summed E-state index contributed by atoms with van der Waals surface area (Å²) < 4.78 is 1.28. The highest BCUT2D eigenvalue weighted by atomic mass is 16.6. The van der Waals surface area contributed by atoms with Gasteiger partial charge in [-0.1, -0.05) is 0 Å². The van der Waals surface area contributed by atoms with Crippen LogP contribution in [0.4, 0.5) is 5.69 Å². The molecule has 0 fully saturated rings. The Kier molecular flexibility index (Phi) is 2.18. The van der Waals surface area contributed by atoms with E-state index in [2.05, 4.69) is 5.10 Å². The van der Waals surface area contributed by atoms with Gasteiger partial charge < -0.3 is 0 Å². The second-order valence-corrected chi connectivity index (χ2v) is 2.11. The van der Waals surface area contributed by atoms with Crippen LogP contribution in [0.25, 0.3) is 0 Å². The number of carbonyl (C=O) groups excluding carboxylic acids is 1. The Bertz CT molecular complexity index is 318. The lowest BCUT2D eigenvalue weighted by molar-refractivity contribution is -0.385. The van der Waals surface area contributed by atoms with Gasteiger partial charge in [-0.2, -0.15) is 5.10 Å². The van der Waals surface area contributed by atoms with Gasteiger partial charge >= 0.3 is 5.69 Å². The normalized spacial score (nSPS) is 9.75. The van der Waals surface area contributed by atoms with E-state index in [1.165, 1.54) is 4.68 Å². The fourth-order valence-electron chi connectivity index (χ4n) is 0.899. The number of nitrogens with zero attached hydrogens (tertiary/aromatic N) is 3. The number of hydrogen-bond acceptors (Lipinski definition) is 4. The monoisotopic (exact) mass is 169 g/mol. The molecule has 0 bridgehead atoms. The van der Waals surface area contributed by atoms with Gasteiger partial charge in [-0.05, 0) is 6.92 Å². The highest BCUT2D eigenvalue weighted by molar-refractivity contribution is 5.78. The zero-order chi connectivity index (χ0) is 9.14. The molecule has 12 heavy (non-hydrogen) atoms. The van der Waals surface area contributed by atoms with E-state index in [0.717, 1.165) is 6.20 Å². The number of nitro groups is 1. The molecular formula is C6H7N3O3. The molecule has 1 heterocycles. The van der Waals surface area contributed by atoms with Crippen LogP contribution in [0.2, 0.25) is 0 Å². The third-order valence-corrected chi connectivity index (χ3v) is 1.47. The van der Waals surface area contributed by atoms with Crippen LogP contribution < -0.4 is 0 Å². The first-order valence-electron chi connectivity index (χ1n) is 3.36. The predicted octanol–water partition coefficient (Wildman–Crippen LogP) is 0.624. The second-order valence-electron chi connectivity index (χ2n) is 2.11. The quantitative estimate of drug-likeness (QED) is 0.377. The lowest BCUT2D eigenvalue weighted by Crippen LogP contribution is -2.02. The number of aldehydes is 1. The second kappa shape index (κ2) is 3.12. The molecule has 0 N–H and O–H groups in total. The van der Waals surface area contributed by atoms with Crippen molar-refractivity contribution in [2.24, 2.45) is 0 Å². The van der Waals surface area contributed by atoms with Crippen LogP contribution in [0.15, 0.2) is 6.20 Å². The molecule has 0 aliphatic carbocycles. The molecule has 1 aromatic rings. The maximum atomic E-state index is 10.4. The average molecular weight is 169 g/mol. The molecule has 0 aliphatic heterocycles. The first-order valence-corrected chi connectivity index (χ1v) is 3.36.